The van der Waals surface area contributed by atoms with Crippen LogP contribution in [-0.4, -0.2) is 25.2 Å². The largest absolute Gasteiger partial charge is 0.477 e. The van der Waals surface area contributed by atoms with E-state index in [1.54, 1.807) is 16.7 Å². The molecule has 4 rings (SSSR count). The Bertz CT molecular complexity index is 1110. The van der Waals surface area contributed by atoms with Crippen LogP contribution in [-0.2, 0) is 9.53 Å². The van der Waals surface area contributed by atoms with Crippen LogP contribution in [0.4, 0.5) is 5.13 Å². The Morgan fingerprint density at radius 1 is 1.17 bits per heavy atom. The van der Waals surface area contributed by atoms with E-state index in [4.69, 9.17) is 16.3 Å². The Kier molecular flexibility index (Phi) is 5.06. The number of aromatic nitrogens is 1. The molecule has 0 bridgehead atoms. The van der Waals surface area contributed by atoms with Gasteiger partial charge in [0.1, 0.15) is 16.1 Å². The fourth-order valence-corrected chi connectivity index (χ4v) is 4.92. The average Bonchev–Trinajstić information content (AvgIpc) is 3.08. The standard InChI is InChI=1S/C22H19ClN2O3S/c1-13-17(21(27)28-3)18(14-9-11-16(23)12-10-14)25-20(26)19(29-22(25)24(13)2)15-7-5-4-6-8-15/h4-12,18H,1-3H3/p+1. The molecule has 0 fully saturated rings. The number of methoxy groups -OCH3 is 1. The smallest absolute Gasteiger partial charge is 0.345 e. The number of aromatic hydroxyl groups is 1. The number of rotatable bonds is 3. The maximum absolute atomic E-state index is 12.7. The number of carbonyl (C=O) groups excluding carboxylic acids is 1. The lowest BCUT2D eigenvalue weighted by Crippen LogP contribution is -2.50. The molecule has 0 radical (unpaired) electrons. The maximum Gasteiger partial charge on any atom is 0.345 e. The summed E-state index contributed by atoms with van der Waals surface area (Å²) < 4.78 is 6.88. The molecule has 0 amide bonds. The number of thiazole rings is 1. The average molecular weight is 428 g/mol. The summed E-state index contributed by atoms with van der Waals surface area (Å²) in [7, 11) is 3.25. The molecule has 7 heteroatoms. The molecule has 2 heterocycles. The van der Waals surface area contributed by atoms with Crippen molar-refractivity contribution in [2.24, 2.45) is 0 Å². The molecule has 0 saturated carbocycles. The van der Waals surface area contributed by atoms with E-state index in [9.17, 15) is 9.90 Å². The molecule has 1 aliphatic rings. The summed E-state index contributed by atoms with van der Waals surface area (Å²) in [5, 5.41) is 12.7. The van der Waals surface area contributed by atoms with Gasteiger partial charge in [-0.1, -0.05) is 54.1 Å². The summed E-state index contributed by atoms with van der Waals surface area (Å²) in [6.45, 7) is 1.89. The van der Waals surface area contributed by atoms with E-state index < -0.39 is 12.0 Å². The zero-order valence-electron chi connectivity index (χ0n) is 16.2. The summed E-state index contributed by atoms with van der Waals surface area (Å²) >= 11 is 7.55. The Hall–Kier alpha value is -2.83. The number of nitrogens with zero attached hydrogens (tertiary/aromatic N) is 2. The first kappa shape index (κ1) is 19.5. The number of benzene rings is 2. The van der Waals surface area contributed by atoms with E-state index in [0.29, 0.717) is 10.6 Å². The van der Waals surface area contributed by atoms with Crippen LogP contribution in [0.5, 0.6) is 5.88 Å². The van der Waals surface area contributed by atoms with Crippen LogP contribution in [0.2, 0.25) is 5.02 Å². The number of halogens is 1. The summed E-state index contributed by atoms with van der Waals surface area (Å²) in [5.74, 6) is -0.323. The number of fused-ring (bicyclic) bond motifs is 1. The van der Waals surface area contributed by atoms with Gasteiger partial charge in [0.05, 0.1) is 14.2 Å². The van der Waals surface area contributed by atoms with Crippen LogP contribution < -0.4 is 9.47 Å². The van der Waals surface area contributed by atoms with E-state index in [0.717, 1.165) is 26.8 Å². The Morgan fingerprint density at radius 2 is 1.83 bits per heavy atom. The first-order chi connectivity index (χ1) is 13.9. The molecule has 0 spiro atoms. The highest BCUT2D eigenvalue weighted by Gasteiger charge is 2.45. The van der Waals surface area contributed by atoms with Crippen molar-refractivity contribution in [3.8, 4) is 16.3 Å². The van der Waals surface area contributed by atoms with Crippen LogP contribution in [0.3, 0.4) is 0 Å². The minimum atomic E-state index is -0.528. The zero-order valence-corrected chi connectivity index (χ0v) is 17.8. The second-order valence-electron chi connectivity index (χ2n) is 6.78. The maximum atomic E-state index is 12.7. The first-order valence-electron chi connectivity index (χ1n) is 9.05. The van der Waals surface area contributed by atoms with Crippen LogP contribution in [0, 0.1) is 0 Å². The van der Waals surface area contributed by atoms with Crippen molar-refractivity contribution in [2.45, 2.75) is 13.0 Å². The van der Waals surface area contributed by atoms with E-state index in [2.05, 4.69) is 0 Å². The highest BCUT2D eigenvalue weighted by Crippen LogP contribution is 2.44. The van der Waals surface area contributed by atoms with Gasteiger partial charge in [-0.15, -0.1) is 0 Å². The van der Waals surface area contributed by atoms with Gasteiger partial charge in [-0.05, 0) is 36.0 Å². The van der Waals surface area contributed by atoms with Crippen molar-refractivity contribution in [1.82, 2.24) is 0 Å². The Labute approximate surface area is 178 Å². The van der Waals surface area contributed by atoms with Crippen LogP contribution in [0.25, 0.3) is 10.4 Å². The van der Waals surface area contributed by atoms with Gasteiger partial charge in [-0.3, -0.25) is 0 Å². The van der Waals surface area contributed by atoms with Gasteiger partial charge in [0.25, 0.3) is 0 Å². The lowest BCUT2D eigenvalue weighted by atomic mass is 9.95. The highest BCUT2D eigenvalue weighted by molar-refractivity contribution is 7.18. The number of carbonyl (C=O) groups is 1. The number of allylic oxidation sites excluding steroid dienone is 1. The Morgan fingerprint density at radius 3 is 2.45 bits per heavy atom. The molecule has 1 atom stereocenters. The van der Waals surface area contributed by atoms with Crippen LogP contribution in [0.15, 0.2) is 65.9 Å². The van der Waals surface area contributed by atoms with E-state index >= 15 is 0 Å². The molecule has 148 valence electrons. The zero-order chi connectivity index (χ0) is 20.7. The SMILES string of the molecule is COC(=O)C1=C(C)N(C)c2sc(-c3ccccc3)c(O)[n+]2C1c1ccc(Cl)cc1. The molecule has 1 N–H and O–H groups in total. The number of hydrogen-bond acceptors (Lipinski definition) is 5. The van der Waals surface area contributed by atoms with Crippen molar-refractivity contribution in [3.63, 3.8) is 0 Å². The third-order valence-corrected chi connectivity index (χ3v) is 6.70. The fraction of sp³-hybridized carbons (Fsp3) is 0.182. The quantitative estimate of drug-likeness (QED) is 0.492. The minimum absolute atomic E-state index is 0.108. The molecule has 0 saturated heterocycles. The lowest BCUT2D eigenvalue weighted by molar-refractivity contribution is -0.695. The molecule has 29 heavy (non-hydrogen) atoms. The first-order valence-corrected chi connectivity index (χ1v) is 10.2. The molecule has 1 unspecified atom stereocenters. The van der Waals surface area contributed by atoms with Gasteiger partial charge in [0, 0.05) is 10.6 Å². The lowest BCUT2D eigenvalue weighted by Gasteiger charge is -2.27. The minimum Gasteiger partial charge on any atom is -0.477 e. The summed E-state index contributed by atoms with van der Waals surface area (Å²) in [5.41, 5.74) is 3.00. The van der Waals surface area contributed by atoms with Crippen molar-refractivity contribution in [2.75, 3.05) is 19.1 Å². The topological polar surface area (TPSA) is 53.6 Å². The normalized spacial score (nSPS) is 16.0. The fourth-order valence-electron chi connectivity index (χ4n) is 3.61. The molecule has 1 aliphatic heterocycles. The summed E-state index contributed by atoms with van der Waals surface area (Å²) in [6.07, 6.45) is 0. The van der Waals surface area contributed by atoms with Gasteiger partial charge < -0.3 is 9.84 Å². The summed E-state index contributed by atoms with van der Waals surface area (Å²) in [4.78, 5) is 15.4. The second-order valence-corrected chi connectivity index (χ2v) is 8.19. The number of anilines is 1. The second kappa shape index (κ2) is 7.54. The molecular formula is C22H20ClN2O3S+. The van der Waals surface area contributed by atoms with Gasteiger partial charge >= 0.3 is 17.0 Å². The van der Waals surface area contributed by atoms with E-state index in [1.807, 2.05) is 61.3 Å². The van der Waals surface area contributed by atoms with E-state index in [1.165, 1.54) is 18.4 Å². The predicted molar refractivity (Wildman–Crippen MR) is 114 cm³/mol. The number of hydrogen-bond donors (Lipinski definition) is 1. The van der Waals surface area contributed by atoms with Crippen molar-refractivity contribution >= 4 is 34.0 Å². The van der Waals surface area contributed by atoms with Gasteiger partial charge in [0.2, 0.25) is 0 Å². The Balaban J connectivity index is 1.99. The molecule has 2 aromatic carbocycles. The molecular weight excluding hydrogens is 408 g/mol. The summed E-state index contributed by atoms with van der Waals surface area (Å²) in [6, 6.07) is 16.5. The van der Waals surface area contributed by atoms with Crippen molar-refractivity contribution in [3.05, 3.63) is 76.5 Å². The molecule has 5 nitrogen and oxygen atoms in total. The predicted octanol–water partition coefficient (Wildman–Crippen LogP) is 4.55. The van der Waals surface area contributed by atoms with Crippen LogP contribution in [0.1, 0.15) is 18.5 Å². The third-order valence-electron chi connectivity index (χ3n) is 5.17. The van der Waals surface area contributed by atoms with Crippen LogP contribution >= 0.6 is 22.9 Å². The molecule has 0 aliphatic carbocycles. The molecule has 3 aromatic rings. The van der Waals surface area contributed by atoms with Crippen molar-refractivity contribution in [1.29, 1.82) is 0 Å². The molecule has 1 aromatic heterocycles. The van der Waals surface area contributed by atoms with Gasteiger partial charge in [0.15, 0.2) is 6.04 Å². The number of esters is 1. The van der Waals surface area contributed by atoms with Crippen molar-refractivity contribution < 1.29 is 19.2 Å². The van der Waals surface area contributed by atoms with Gasteiger partial charge in [-0.2, -0.15) is 4.57 Å². The number of ether oxygens (including phenoxy) is 1. The monoisotopic (exact) mass is 427 g/mol. The third kappa shape index (κ3) is 3.18. The van der Waals surface area contributed by atoms with Gasteiger partial charge in [-0.25, -0.2) is 9.69 Å². The highest BCUT2D eigenvalue weighted by atomic mass is 35.5. The van der Waals surface area contributed by atoms with E-state index in [-0.39, 0.29) is 5.88 Å².